The largest absolute Gasteiger partial charge is 0.380 e. The Morgan fingerprint density at radius 1 is 0.500 bits per heavy atom. The third-order valence-corrected chi connectivity index (χ3v) is 17.5. The van der Waals surface area contributed by atoms with Crippen molar-refractivity contribution in [2.75, 3.05) is 65.2 Å². The summed E-state index contributed by atoms with van der Waals surface area (Å²) in [6.45, 7) is 10.2. The van der Waals surface area contributed by atoms with Crippen LogP contribution in [-0.2, 0) is 57.9 Å². The van der Waals surface area contributed by atoms with Crippen molar-refractivity contribution < 1.29 is 53.7 Å². The number of rotatable bonds is 5. The lowest BCUT2D eigenvalue weighted by atomic mass is 10.2. The second-order valence-electron chi connectivity index (χ2n) is 12.2. The minimum absolute atomic E-state index is 0.0787. The van der Waals surface area contributed by atoms with Crippen LogP contribution in [0.15, 0.2) is 0 Å². The summed E-state index contributed by atoms with van der Waals surface area (Å²) in [4.78, 5) is 0. The van der Waals surface area contributed by atoms with E-state index in [1.807, 2.05) is 18.7 Å². The number of methoxy groups -OCH3 is 5. The van der Waals surface area contributed by atoms with Crippen molar-refractivity contribution in [3.05, 3.63) is 0 Å². The summed E-state index contributed by atoms with van der Waals surface area (Å²) >= 11 is 2.00. The summed E-state index contributed by atoms with van der Waals surface area (Å²) in [7, 11) is -0.231. The van der Waals surface area contributed by atoms with Crippen LogP contribution in [-0.4, -0.2) is 148 Å². The van der Waals surface area contributed by atoms with Crippen molar-refractivity contribution in [1.82, 2.24) is 0 Å². The van der Waals surface area contributed by atoms with Crippen LogP contribution >= 0.6 is 11.8 Å². The van der Waals surface area contributed by atoms with Gasteiger partial charge in [0, 0.05) is 47.4 Å². The number of ether oxygens (including phenoxy) is 6. The smallest absolute Gasteiger partial charge is 0.155 e. The fourth-order valence-corrected chi connectivity index (χ4v) is 11.9. The molecule has 0 saturated carbocycles. The average molecular weight is 741 g/mol. The molecule has 5 aliphatic heterocycles. The molecule has 5 heterocycles. The summed E-state index contributed by atoms with van der Waals surface area (Å²) < 4.78 is 96.8. The van der Waals surface area contributed by atoms with Gasteiger partial charge >= 0.3 is 0 Å². The van der Waals surface area contributed by atoms with Gasteiger partial charge in [-0.1, -0.05) is 6.92 Å². The molecular formula is C30H60O12S4. The van der Waals surface area contributed by atoms with Crippen LogP contribution in [0.3, 0.4) is 0 Å². The molecule has 5 fully saturated rings. The molecular weight excluding hydrogens is 681 g/mol. The average Bonchev–Trinajstić information content (AvgIpc) is 3.81. The molecule has 0 aromatic rings. The highest BCUT2D eigenvalue weighted by molar-refractivity contribution is 8.00. The van der Waals surface area contributed by atoms with E-state index < -0.39 is 29.5 Å². The van der Waals surface area contributed by atoms with Gasteiger partial charge in [0.15, 0.2) is 29.5 Å². The van der Waals surface area contributed by atoms with Gasteiger partial charge in [0.05, 0.1) is 69.6 Å². The number of hydrogen-bond donors (Lipinski definition) is 0. The van der Waals surface area contributed by atoms with Gasteiger partial charge in [-0.2, -0.15) is 11.8 Å². The lowest BCUT2D eigenvalue weighted by Crippen LogP contribution is -2.23. The lowest BCUT2D eigenvalue weighted by molar-refractivity contribution is 0.0270. The van der Waals surface area contributed by atoms with Crippen molar-refractivity contribution in [2.45, 2.75) is 124 Å². The first kappa shape index (κ1) is 44.0. The first-order valence-corrected chi connectivity index (χ1v) is 22.1. The van der Waals surface area contributed by atoms with Gasteiger partial charge in [-0.3, -0.25) is 0 Å². The Hall–Kier alpha value is -0.0400. The monoisotopic (exact) mass is 740 g/mol. The van der Waals surface area contributed by atoms with E-state index in [0.717, 1.165) is 18.3 Å². The lowest BCUT2D eigenvalue weighted by Gasteiger charge is -2.10. The normalized spacial score (nSPS) is 38.2. The molecule has 46 heavy (non-hydrogen) atoms. The molecule has 5 saturated heterocycles. The maximum atomic E-state index is 11.1. The number of hydrogen-bond acceptors (Lipinski definition) is 13. The van der Waals surface area contributed by atoms with Crippen LogP contribution in [0.2, 0.25) is 0 Å². The van der Waals surface area contributed by atoms with Crippen LogP contribution in [0.25, 0.3) is 0 Å². The molecule has 12 nitrogen and oxygen atoms in total. The Balaban J connectivity index is 0.000000289. The molecule has 0 bridgehead atoms. The van der Waals surface area contributed by atoms with E-state index in [4.69, 9.17) is 28.4 Å². The summed E-state index contributed by atoms with van der Waals surface area (Å²) in [5.41, 5.74) is 0. The van der Waals surface area contributed by atoms with Crippen molar-refractivity contribution in [1.29, 1.82) is 0 Å². The van der Waals surface area contributed by atoms with Gasteiger partial charge in [0.1, 0.15) is 0 Å². The predicted molar refractivity (Wildman–Crippen MR) is 184 cm³/mol. The van der Waals surface area contributed by atoms with E-state index in [1.165, 1.54) is 12.2 Å². The zero-order valence-electron chi connectivity index (χ0n) is 29.4. The van der Waals surface area contributed by atoms with Crippen LogP contribution < -0.4 is 0 Å². The van der Waals surface area contributed by atoms with Crippen molar-refractivity contribution in [2.24, 2.45) is 0 Å². The zero-order chi connectivity index (χ0) is 35.3. The van der Waals surface area contributed by atoms with Gasteiger partial charge < -0.3 is 28.4 Å². The Labute approximate surface area is 283 Å². The van der Waals surface area contributed by atoms with Gasteiger partial charge in [-0.25, -0.2) is 25.3 Å². The van der Waals surface area contributed by atoms with Crippen LogP contribution in [0, 0.1) is 0 Å². The standard InChI is InChI=1S/3C6H12O3S.C6H12O2.C6H12OS/c3*1-5-6(9-2)3-4-10(5,7)8;2*1-5-6(7-2)3-4-8-5/h3*5-6H,3-4H2,1-2H3;2*5-6H,3-4H2,1-2H3/t5*5-,6-/m11000/s1. The SMILES string of the molecule is CO[C@@H]1CCS(=O)(=O)[C@@H]1C.CO[C@@H]1CCS(=O)(=O)[C@@H]1C.CO[C@H]1CCO[C@H]1C.CO[C@H]1CCS(=O)(=O)[C@H]1C.CO[C@H]1CCS[C@H]1C. The van der Waals surface area contributed by atoms with E-state index in [0.29, 0.717) is 37.6 Å². The molecule has 0 aromatic heterocycles. The third kappa shape index (κ3) is 13.3. The molecule has 16 heteroatoms. The first-order valence-electron chi connectivity index (χ1n) is 15.9. The Bertz CT molecular complexity index is 1040. The molecule has 0 aliphatic carbocycles. The molecule has 0 aromatic carbocycles. The molecule has 0 amide bonds. The predicted octanol–water partition coefficient (Wildman–Crippen LogP) is 2.96. The van der Waals surface area contributed by atoms with Gasteiger partial charge in [-0.05, 0) is 65.6 Å². The summed E-state index contributed by atoms with van der Waals surface area (Å²) in [5, 5.41) is -0.201. The second-order valence-corrected chi connectivity index (χ2v) is 21.1. The van der Waals surface area contributed by atoms with Crippen molar-refractivity contribution in [3.63, 3.8) is 0 Å². The molecule has 0 spiro atoms. The van der Waals surface area contributed by atoms with Crippen molar-refractivity contribution >= 4 is 41.3 Å². The minimum atomic E-state index is -2.81. The van der Waals surface area contributed by atoms with Crippen molar-refractivity contribution in [3.8, 4) is 0 Å². The topological polar surface area (TPSA) is 158 Å². The van der Waals surface area contributed by atoms with E-state index in [-0.39, 0.29) is 51.3 Å². The van der Waals surface area contributed by atoms with Crippen LogP contribution in [0.4, 0.5) is 0 Å². The molecule has 0 unspecified atom stereocenters. The van der Waals surface area contributed by atoms with E-state index >= 15 is 0 Å². The number of sulfone groups is 3. The van der Waals surface area contributed by atoms with Gasteiger partial charge in [0.2, 0.25) is 0 Å². The maximum absolute atomic E-state index is 11.1. The summed E-state index contributed by atoms with van der Waals surface area (Å²) in [6, 6.07) is 0. The van der Waals surface area contributed by atoms with Crippen LogP contribution in [0.5, 0.6) is 0 Å². The number of thioether (sulfide) groups is 1. The van der Waals surface area contributed by atoms with E-state index in [2.05, 4.69) is 6.92 Å². The first-order chi connectivity index (χ1) is 21.4. The minimum Gasteiger partial charge on any atom is -0.380 e. The van der Waals surface area contributed by atoms with E-state index in [1.54, 1.807) is 56.3 Å². The van der Waals surface area contributed by atoms with Crippen LogP contribution in [0.1, 0.15) is 66.7 Å². The molecule has 0 radical (unpaired) electrons. The summed E-state index contributed by atoms with van der Waals surface area (Å²) in [6.07, 6.45) is 5.19. The molecule has 5 rings (SSSR count). The Morgan fingerprint density at radius 2 is 0.848 bits per heavy atom. The molecule has 0 N–H and O–H groups in total. The molecule has 10 atom stereocenters. The fraction of sp³-hybridized carbons (Fsp3) is 1.00. The summed E-state index contributed by atoms with van der Waals surface area (Å²) in [5.74, 6) is 2.13. The molecule has 5 aliphatic rings. The molecule has 276 valence electrons. The second kappa shape index (κ2) is 20.6. The Morgan fingerprint density at radius 3 is 0.978 bits per heavy atom. The zero-order valence-corrected chi connectivity index (χ0v) is 32.6. The Kier molecular flexibility index (Phi) is 19.7. The van der Waals surface area contributed by atoms with Gasteiger partial charge in [0.25, 0.3) is 0 Å². The highest BCUT2D eigenvalue weighted by Gasteiger charge is 2.38. The fourth-order valence-electron chi connectivity index (χ4n) is 5.77. The highest BCUT2D eigenvalue weighted by Crippen LogP contribution is 2.28. The van der Waals surface area contributed by atoms with E-state index in [9.17, 15) is 25.3 Å². The van der Waals surface area contributed by atoms with Gasteiger partial charge in [-0.15, -0.1) is 0 Å². The maximum Gasteiger partial charge on any atom is 0.155 e. The quantitative estimate of drug-likeness (QED) is 0.406. The third-order valence-electron chi connectivity index (χ3n) is 9.46. The highest BCUT2D eigenvalue weighted by atomic mass is 32.2.